The van der Waals surface area contributed by atoms with Crippen LogP contribution in [0, 0.1) is 12.8 Å². The molecule has 328 valence electrons. The summed E-state index contributed by atoms with van der Waals surface area (Å²) in [5, 5.41) is 37.8. The van der Waals surface area contributed by atoms with E-state index in [-0.39, 0.29) is 48.4 Å². The highest BCUT2D eigenvalue weighted by molar-refractivity contribution is 7.13. The van der Waals surface area contributed by atoms with Crippen LogP contribution in [-0.4, -0.2) is 93.6 Å². The minimum absolute atomic E-state index is 0.0403. The first-order valence-corrected chi connectivity index (χ1v) is 22.9. The number of β-amino-alcohol motifs (C(OH)–C–C–N with tert-alkyl or cyclic N) is 1. The first kappa shape index (κ1) is 41.5. The van der Waals surface area contributed by atoms with Gasteiger partial charge in [-0.15, -0.1) is 21.5 Å². The third kappa shape index (κ3) is 7.89. The molecule has 0 radical (unpaired) electrons. The highest BCUT2D eigenvalue weighted by atomic mass is 32.1. The number of anilines is 1. The number of fused-ring (bicyclic) bond motifs is 1. The molecule has 0 bridgehead atoms. The Morgan fingerprint density at radius 1 is 0.922 bits per heavy atom. The molecule has 2 saturated heterocycles. The number of aryl methyl sites for hydroxylation is 1. The number of rotatable bonds is 12. The van der Waals surface area contributed by atoms with Crippen LogP contribution in [0.4, 0.5) is 5.95 Å². The number of phenols is 1. The normalized spacial score (nSPS) is 19.8. The van der Waals surface area contributed by atoms with Gasteiger partial charge in [-0.2, -0.15) is 0 Å². The lowest BCUT2D eigenvalue weighted by molar-refractivity contribution is -0.141. The van der Waals surface area contributed by atoms with E-state index in [4.69, 9.17) is 9.51 Å². The number of para-hydroxylation sites is 1. The maximum Gasteiger partial charge on any atom is 0.243 e. The highest BCUT2D eigenvalue weighted by Gasteiger charge is 2.44. The summed E-state index contributed by atoms with van der Waals surface area (Å²) in [5.41, 5.74) is 10.2. The van der Waals surface area contributed by atoms with Crippen molar-refractivity contribution in [2.75, 3.05) is 24.5 Å². The van der Waals surface area contributed by atoms with Crippen molar-refractivity contribution in [2.45, 2.75) is 89.4 Å². The van der Waals surface area contributed by atoms with Crippen LogP contribution in [-0.2, 0) is 9.59 Å². The van der Waals surface area contributed by atoms with E-state index < -0.39 is 18.1 Å². The highest BCUT2D eigenvalue weighted by Crippen LogP contribution is 2.44. The summed E-state index contributed by atoms with van der Waals surface area (Å²) in [6.45, 7) is 9.28. The Morgan fingerprint density at radius 2 is 1.73 bits per heavy atom. The quantitative estimate of drug-likeness (QED) is 0.109. The second-order valence-electron chi connectivity index (χ2n) is 17.7. The summed E-state index contributed by atoms with van der Waals surface area (Å²) in [4.78, 5) is 47.0. The van der Waals surface area contributed by atoms with E-state index >= 15 is 0 Å². The van der Waals surface area contributed by atoms with Gasteiger partial charge in [-0.05, 0) is 80.5 Å². The number of thiazole rings is 1. The molecule has 7 heterocycles. The fourth-order valence-electron chi connectivity index (χ4n) is 9.41. The number of aromatic hydroxyl groups is 1. The van der Waals surface area contributed by atoms with Gasteiger partial charge in [-0.1, -0.05) is 55.4 Å². The first-order valence-electron chi connectivity index (χ1n) is 22.0. The van der Waals surface area contributed by atoms with Crippen LogP contribution in [0.5, 0.6) is 5.75 Å². The van der Waals surface area contributed by atoms with Crippen molar-refractivity contribution in [2.24, 2.45) is 5.92 Å². The molecular formula is C48H50N10O5S. The number of benzene rings is 2. The van der Waals surface area contributed by atoms with Gasteiger partial charge in [0.1, 0.15) is 34.7 Å². The molecular weight excluding hydrogens is 829 g/mol. The zero-order valence-electron chi connectivity index (χ0n) is 36.1. The van der Waals surface area contributed by atoms with Crippen LogP contribution < -0.4 is 10.2 Å². The minimum Gasteiger partial charge on any atom is -0.507 e. The third-order valence-corrected chi connectivity index (χ3v) is 13.9. The Kier molecular flexibility index (Phi) is 10.9. The summed E-state index contributed by atoms with van der Waals surface area (Å²) in [5.74, 6) is -0.239. The summed E-state index contributed by atoms with van der Waals surface area (Å²) in [6.07, 6.45) is 4.14. The summed E-state index contributed by atoms with van der Waals surface area (Å²) < 4.78 is 8.32. The number of carbonyl (C=O) groups excluding carboxylic acids is 2. The van der Waals surface area contributed by atoms with E-state index in [2.05, 4.69) is 46.2 Å². The number of nitrogens with zero attached hydrogens (tertiary/aromatic N) is 9. The van der Waals surface area contributed by atoms with Crippen LogP contribution in [0.3, 0.4) is 0 Å². The Morgan fingerprint density at radius 3 is 2.48 bits per heavy atom. The van der Waals surface area contributed by atoms with E-state index in [1.54, 1.807) is 41.8 Å². The lowest BCUT2D eigenvalue weighted by atomic mass is 9.91. The van der Waals surface area contributed by atoms with Crippen LogP contribution >= 0.6 is 11.3 Å². The second kappa shape index (κ2) is 16.9. The average Bonchev–Trinajstić information content (AvgIpc) is 3.81. The van der Waals surface area contributed by atoms with Crippen molar-refractivity contribution in [3.63, 3.8) is 0 Å². The number of hydrogen-bond donors (Lipinski definition) is 3. The zero-order chi connectivity index (χ0) is 44.2. The van der Waals surface area contributed by atoms with Gasteiger partial charge in [0.25, 0.3) is 0 Å². The van der Waals surface area contributed by atoms with Gasteiger partial charge in [-0.3, -0.25) is 9.59 Å². The molecule has 16 heteroatoms. The lowest BCUT2D eigenvalue weighted by Gasteiger charge is -2.29. The van der Waals surface area contributed by atoms with Gasteiger partial charge in [0, 0.05) is 61.5 Å². The average molecular weight is 879 g/mol. The molecule has 3 fully saturated rings. The number of aromatic nitrogens is 7. The number of hydrogen-bond acceptors (Lipinski definition) is 13. The Bertz CT molecular complexity index is 2850. The van der Waals surface area contributed by atoms with Gasteiger partial charge in [0.2, 0.25) is 17.8 Å². The molecule has 5 aromatic heterocycles. The fraction of sp³-hybridized carbons (Fsp3) is 0.375. The number of aliphatic hydroxyl groups is 1. The van der Waals surface area contributed by atoms with Crippen molar-refractivity contribution in [3.05, 3.63) is 107 Å². The minimum atomic E-state index is -0.846. The number of likely N-dealkylation sites (tertiary alicyclic amines) is 1. The van der Waals surface area contributed by atoms with Crippen molar-refractivity contribution >= 4 is 40.1 Å². The van der Waals surface area contributed by atoms with Gasteiger partial charge < -0.3 is 34.4 Å². The molecule has 2 amide bonds. The fourth-order valence-corrected chi connectivity index (χ4v) is 10.2. The van der Waals surface area contributed by atoms with E-state index in [0.717, 1.165) is 65.1 Å². The van der Waals surface area contributed by atoms with E-state index in [1.165, 1.54) is 10.6 Å². The lowest BCUT2D eigenvalue weighted by Crippen LogP contribution is -2.48. The number of phenolic OH excluding ortho intramolecular Hbond substituents is 1. The molecule has 3 aliphatic rings. The van der Waals surface area contributed by atoms with E-state index in [9.17, 15) is 19.8 Å². The van der Waals surface area contributed by atoms with Crippen molar-refractivity contribution < 1.29 is 24.3 Å². The number of amides is 2. The molecule has 2 aromatic carbocycles. The van der Waals surface area contributed by atoms with Gasteiger partial charge in [0.05, 0.1) is 45.1 Å². The Hall–Kier alpha value is -6.52. The van der Waals surface area contributed by atoms with Crippen molar-refractivity contribution in [3.8, 4) is 38.8 Å². The molecule has 5 atom stereocenters. The molecule has 2 unspecified atom stereocenters. The number of nitrogens with one attached hydrogen (secondary N) is 1. The Labute approximate surface area is 374 Å². The molecule has 0 spiro atoms. The second-order valence-corrected chi connectivity index (χ2v) is 18.6. The molecule has 10 rings (SSSR count). The molecule has 1 saturated carbocycles. The predicted octanol–water partition coefficient (Wildman–Crippen LogP) is 7.59. The van der Waals surface area contributed by atoms with Gasteiger partial charge in [0.15, 0.2) is 0 Å². The monoisotopic (exact) mass is 878 g/mol. The maximum atomic E-state index is 14.4. The summed E-state index contributed by atoms with van der Waals surface area (Å²) >= 11 is 1.59. The SMILES string of the molecule is Cc1ncsc1-c1ccc(C(C)NC(=O)[C@@H]2C[C@@H](O)CN2C(=O)C(c2cc(-c3ccnc(N4CC[C@@H](c5cc6nnc(-c7ccccc7O)cc6n5C5CC5)C4)n3)no2)C(C)C)cc1. The topological polar surface area (TPSA) is 189 Å². The number of aliphatic hydroxyl groups excluding tert-OH is 1. The molecule has 15 nitrogen and oxygen atoms in total. The van der Waals surface area contributed by atoms with Crippen molar-refractivity contribution in [1.29, 1.82) is 0 Å². The van der Waals surface area contributed by atoms with Crippen LogP contribution in [0.15, 0.2) is 89.0 Å². The predicted molar refractivity (Wildman–Crippen MR) is 243 cm³/mol. The smallest absolute Gasteiger partial charge is 0.243 e. The largest absolute Gasteiger partial charge is 0.507 e. The third-order valence-electron chi connectivity index (χ3n) is 12.9. The van der Waals surface area contributed by atoms with E-state index in [1.807, 2.05) is 75.7 Å². The van der Waals surface area contributed by atoms with Gasteiger partial charge in [-0.25, -0.2) is 15.0 Å². The van der Waals surface area contributed by atoms with Crippen LogP contribution in [0.1, 0.15) is 93.1 Å². The van der Waals surface area contributed by atoms with Crippen LogP contribution in [0.25, 0.3) is 44.1 Å². The molecule has 7 aromatic rings. The number of carbonyl (C=O) groups is 2. The molecule has 3 N–H and O–H groups in total. The van der Waals surface area contributed by atoms with Crippen molar-refractivity contribution in [1.82, 2.24) is 45.1 Å². The molecule has 64 heavy (non-hydrogen) atoms. The zero-order valence-corrected chi connectivity index (χ0v) is 36.9. The molecule has 2 aliphatic heterocycles. The van der Waals surface area contributed by atoms with Gasteiger partial charge >= 0.3 is 0 Å². The molecule has 1 aliphatic carbocycles. The maximum absolute atomic E-state index is 14.4. The summed E-state index contributed by atoms with van der Waals surface area (Å²) in [6, 6.07) is 22.2. The van der Waals surface area contributed by atoms with Crippen LogP contribution in [0.2, 0.25) is 0 Å². The standard InChI is InChI=1S/C48H50N10O5S/c1-26(2)44(47(62)57-24-33(59)19-41(57)46(61)51-27(3)29-9-11-30(12-10-29)45-28(4)50-25-64-45)43-22-37(55-63-43)35-15-17-49-48(52-35)56-18-16-31(23-56)39-21-38-40(58(39)32-13-14-32)20-36(53-54-38)34-7-5-6-8-42(34)60/h5-12,15,17,20-22,25-27,31-33,41,44,59-60H,13-14,16,18-19,23-24H2,1-4H3,(H,51,61)/t27?,31-,33-,41+,44?/m1/s1. The first-order chi connectivity index (χ1) is 31.0. The van der Waals surface area contributed by atoms with E-state index in [0.29, 0.717) is 40.4 Å². The Balaban J connectivity index is 0.830. The summed E-state index contributed by atoms with van der Waals surface area (Å²) in [7, 11) is 0.